The first-order chi connectivity index (χ1) is 4.20. The molecule has 0 aromatic carbocycles. The van der Waals surface area contributed by atoms with Crippen LogP contribution in [0.15, 0.2) is 12.2 Å². The minimum atomic E-state index is 0.369. The molecule has 1 aliphatic rings. The summed E-state index contributed by atoms with van der Waals surface area (Å²) in [5, 5.41) is 14.4. The summed E-state index contributed by atoms with van der Waals surface area (Å²) >= 11 is 0. The first-order valence-electron chi connectivity index (χ1n) is 3.04. The van der Waals surface area contributed by atoms with Gasteiger partial charge in [0.1, 0.15) is 0 Å². The summed E-state index contributed by atoms with van der Waals surface area (Å²) in [6.07, 6.45) is 4.41. The van der Waals surface area contributed by atoms with Gasteiger partial charge in [-0.15, -0.1) is 0 Å². The van der Waals surface area contributed by atoms with Crippen LogP contribution in [0.3, 0.4) is 0 Å². The Balaban J connectivity index is 2.77. The lowest BCUT2D eigenvalue weighted by atomic mass is 9.95. The average molecular weight is 122 g/mol. The summed E-state index contributed by atoms with van der Waals surface area (Å²) in [4.78, 5) is 0. The molecule has 0 amide bonds. The zero-order chi connectivity index (χ0) is 6.85. The maximum absolute atomic E-state index is 7.25. The molecule has 1 rings (SSSR count). The Morgan fingerprint density at radius 2 is 2.22 bits per heavy atom. The van der Waals surface area contributed by atoms with Crippen LogP contribution in [0, 0.1) is 16.7 Å². The predicted octanol–water partition coefficient (Wildman–Crippen LogP) is 1.62. The van der Waals surface area contributed by atoms with Crippen LogP contribution in [0.2, 0.25) is 0 Å². The van der Waals surface area contributed by atoms with E-state index in [1.807, 2.05) is 6.08 Å². The SMILES string of the molecule is CC1C=CC(=N)C(=N)C1. The van der Waals surface area contributed by atoms with Gasteiger partial charge in [-0.05, 0) is 18.4 Å². The molecular weight excluding hydrogens is 112 g/mol. The van der Waals surface area contributed by atoms with Gasteiger partial charge in [-0.3, -0.25) is 5.41 Å². The van der Waals surface area contributed by atoms with Crippen molar-refractivity contribution in [2.75, 3.05) is 0 Å². The lowest BCUT2D eigenvalue weighted by Crippen LogP contribution is -2.16. The second-order valence-corrected chi connectivity index (χ2v) is 2.43. The third-order valence-corrected chi connectivity index (χ3v) is 1.44. The van der Waals surface area contributed by atoms with Gasteiger partial charge in [0.15, 0.2) is 0 Å². The van der Waals surface area contributed by atoms with Gasteiger partial charge in [-0.1, -0.05) is 13.0 Å². The van der Waals surface area contributed by atoms with Crippen LogP contribution in [-0.4, -0.2) is 11.4 Å². The second-order valence-electron chi connectivity index (χ2n) is 2.43. The monoisotopic (exact) mass is 122 g/mol. The molecule has 0 bridgehead atoms. The summed E-state index contributed by atoms with van der Waals surface area (Å²) in [6, 6.07) is 0. The van der Waals surface area contributed by atoms with E-state index in [1.165, 1.54) is 0 Å². The molecule has 1 aliphatic carbocycles. The first kappa shape index (κ1) is 6.20. The van der Waals surface area contributed by atoms with E-state index >= 15 is 0 Å². The van der Waals surface area contributed by atoms with Crippen LogP contribution >= 0.6 is 0 Å². The maximum atomic E-state index is 7.25. The normalized spacial score (nSPS) is 27.0. The van der Waals surface area contributed by atoms with E-state index in [0.29, 0.717) is 17.3 Å². The largest absolute Gasteiger partial charge is 0.303 e. The summed E-state index contributed by atoms with van der Waals surface area (Å²) in [6.45, 7) is 2.05. The zero-order valence-electron chi connectivity index (χ0n) is 5.44. The number of hydrogen-bond donors (Lipinski definition) is 2. The fourth-order valence-corrected chi connectivity index (χ4v) is 0.861. The number of rotatable bonds is 0. The molecule has 0 aromatic heterocycles. The van der Waals surface area contributed by atoms with Crippen LogP contribution in [0.4, 0.5) is 0 Å². The van der Waals surface area contributed by atoms with Crippen molar-refractivity contribution in [3.63, 3.8) is 0 Å². The molecule has 0 heterocycles. The van der Waals surface area contributed by atoms with Crippen LogP contribution < -0.4 is 0 Å². The van der Waals surface area contributed by atoms with Gasteiger partial charge in [-0.25, -0.2) is 0 Å². The lowest BCUT2D eigenvalue weighted by molar-refractivity contribution is 0.764. The van der Waals surface area contributed by atoms with Gasteiger partial charge >= 0.3 is 0 Å². The summed E-state index contributed by atoms with van der Waals surface area (Å²) < 4.78 is 0. The third kappa shape index (κ3) is 1.25. The summed E-state index contributed by atoms with van der Waals surface area (Å²) in [5.74, 6) is 0.451. The molecule has 2 N–H and O–H groups in total. The van der Waals surface area contributed by atoms with E-state index in [-0.39, 0.29) is 0 Å². The Morgan fingerprint density at radius 1 is 1.56 bits per heavy atom. The molecule has 0 radical (unpaired) electrons. The minimum absolute atomic E-state index is 0.369. The highest BCUT2D eigenvalue weighted by Crippen LogP contribution is 2.10. The van der Waals surface area contributed by atoms with Crippen molar-refractivity contribution in [2.45, 2.75) is 13.3 Å². The summed E-state index contributed by atoms with van der Waals surface area (Å²) in [5.41, 5.74) is 0.832. The number of allylic oxidation sites excluding steroid dienone is 2. The topological polar surface area (TPSA) is 47.7 Å². The van der Waals surface area contributed by atoms with Crippen molar-refractivity contribution < 1.29 is 0 Å². The highest BCUT2D eigenvalue weighted by molar-refractivity contribution is 6.44. The molecule has 0 spiro atoms. The van der Waals surface area contributed by atoms with Crippen molar-refractivity contribution >= 4 is 11.4 Å². The van der Waals surface area contributed by atoms with E-state index in [1.54, 1.807) is 6.08 Å². The van der Waals surface area contributed by atoms with Gasteiger partial charge < -0.3 is 5.41 Å². The smallest absolute Gasteiger partial charge is 0.0744 e. The van der Waals surface area contributed by atoms with E-state index in [0.717, 1.165) is 6.42 Å². The van der Waals surface area contributed by atoms with E-state index < -0.39 is 0 Å². The standard InChI is InChI=1S/C7H10N2/c1-5-2-3-6(8)7(9)4-5/h2-3,5,8-9H,4H2,1H3. The van der Waals surface area contributed by atoms with Crippen LogP contribution in [0.1, 0.15) is 13.3 Å². The third-order valence-electron chi connectivity index (χ3n) is 1.44. The van der Waals surface area contributed by atoms with Gasteiger partial charge in [0.25, 0.3) is 0 Å². The Labute approximate surface area is 54.6 Å². The van der Waals surface area contributed by atoms with Crippen LogP contribution in [0.25, 0.3) is 0 Å². The molecule has 9 heavy (non-hydrogen) atoms. The highest BCUT2D eigenvalue weighted by atomic mass is 14.5. The molecule has 48 valence electrons. The molecule has 2 nitrogen and oxygen atoms in total. The zero-order valence-corrected chi connectivity index (χ0v) is 5.44. The molecule has 0 aliphatic heterocycles. The number of hydrogen-bond acceptors (Lipinski definition) is 2. The average Bonchev–Trinajstić information content (AvgIpc) is 1.80. The lowest BCUT2D eigenvalue weighted by Gasteiger charge is -2.11. The predicted molar refractivity (Wildman–Crippen MR) is 38.4 cm³/mol. The molecule has 1 atom stereocenters. The Bertz CT molecular complexity index is 179. The van der Waals surface area contributed by atoms with Crippen LogP contribution in [-0.2, 0) is 0 Å². The molecule has 1 unspecified atom stereocenters. The molecule has 2 heteroatoms. The molecule has 0 aromatic rings. The van der Waals surface area contributed by atoms with Crippen LogP contribution in [0.5, 0.6) is 0 Å². The molecule has 0 saturated carbocycles. The fourth-order valence-electron chi connectivity index (χ4n) is 0.861. The Kier molecular flexibility index (Phi) is 1.47. The Morgan fingerprint density at radius 3 is 2.67 bits per heavy atom. The van der Waals surface area contributed by atoms with Crippen molar-refractivity contribution in [2.24, 2.45) is 5.92 Å². The van der Waals surface area contributed by atoms with Crippen molar-refractivity contribution in [3.05, 3.63) is 12.2 Å². The quantitative estimate of drug-likeness (QED) is 0.490. The van der Waals surface area contributed by atoms with E-state index in [9.17, 15) is 0 Å². The first-order valence-corrected chi connectivity index (χ1v) is 3.04. The fraction of sp³-hybridized carbons (Fsp3) is 0.429. The minimum Gasteiger partial charge on any atom is -0.303 e. The van der Waals surface area contributed by atoms with Gasteiger partial charge in [0, 0.05) is 0 Å². The number of nitrogens with one attached hydrogen (secondary N) is 2. The summed E-state index contributed by atoms with van der Waals surface area (Å²) in [7, 11) is 0. The molecule has 0 saturated heterocycles. The van der Waals surface area contributed by atoms with E-state index in [4.69, 9.17) is 10.8 Å². The highest BCUT2D eigenvalue weighted by Gasteiger charge is 2.10. The van der Waals surface area contributed by atoms with Crippen molar-refractivity contribution in [1.82, 2.24) is 0 Å². The maximum Gasteiger partial charge on any atom is 0.0744 e. The molecular formula is C7H10N2. The van der Waals surface area contributed by atoms with Gasteiger partial charge in [-0.2, -0.15) is 0 Å². The van der Waals surface area contributed by atoms with Crippen molar-refractivity contribution in [1.29, 1.82) is 10.8 Å². The van der Waals surface area contributed by atoms with Gasteiger partial charge in [0.2, 0.25) is 0 Å². The molecule has 0 fully saturated rings. The second kappa shape index (κ2) is 2.13. The van der Waals surface area contributed by atoms with Gasteiger partial charge in [0.05, 0.1) is 11.4 Å². The van der Waals surface area contributed by atoms with E-state index in [2.05, 4.69) is 6.92 Å². The van der Waals surface area contributed by atoms with Crippen molar-refractivity contribution in [3.8, 4) is 0 Å². The Hall–Kier alpha value is -0.920.